The summed E-state index contributed by atoms with van der Waals surface area (Å²) in [6, 6.07) is 10.9. The molecule has 10 heteroatoms. The van der Waals surface area contributed by atoms with E-state index in [9.17, 15) is 18.0 Å². The summed E-state index contributed by atoms with van der Waals surface area (Å²) in [6.07, 6.45) is -1.00. The van der Waals surface area contributed by atoms with E-state index in [0.29, 0.717) is 11.4 Å². The van der Waals surface area contributed by atoms with E-state index in [1.165, 1.54) is 51.4 Å². The Labute approximate surface area is 174 Å². The second kappa shape index (κ2) is 8.33. The van der Waals surface area contributed by atoms with Crippen molar-refractivity contribution >= 4 is 27.6 Å². The minimum Gasteiger partial charge on any atom is -0.495 e. The van der Waals surface area contributed by atoms with Crippen molar-refractivity contribution in [3.63, 3.8) is 0 Å². The molecule has 0 aliphatic carbocycles. The molecular formula is C20H22N2O7S. The van der Waals surface area contributed by atoms with Gasteiger partial charge in [0.2, 0.25) is 16.1 Å². The van der Waals surface area contributed by atoms with Crippen molar-refractivity contribution in [1.82, 2.24) is 4.31 Å². The maximum Gasteiger partial charge on any atom is 0.348 e. The highest BCUT2D eigenvalue weighted by Gasteiger charge is 2.35. The molecule has 1 aliphatic rings. The third-order valence-electron chi connectivity index (χ3n) is 4.65. The Balaban J connectivity index is 2.07. The zero-order valence-corrected chi connectivity index (χ0v) is 17.8. The fourth-order valence-electron chi connectivity index (χ4n) is 3.04. The lowest BCUT2D eigenvalue weighted by molar-refractivity contribution is -0.148. The van der Waals surface area contributed by atoms with Crippen molar-refractivity contribution in [3.05, 3.63) is 48.0 Å². The number of nitrogens with zero attached hydrogens (tertiary/aromatic N) is 2. The van der Waals surface area contributed by atoms with Crippen LogP contribution in [-0.2, 0) is 19.6 Å². The number of carbonyl (C=O) groups is 2. The first-order chi connectivity index (χ1) is 14.2. The summed E-state index contributed by atoms with van der Waals surface area (Å²) in [4.78, 5) is 26.6. The molecule has 2 aromatic carbocycles. The standard InChI is InChI=1S/C20H22N2O7S/c1-21(2)30(25,26)18-11-13(9-10-16(18)27-3)19(23)22-12-17(20(24)28-4)29-15-8-6-5-7-14(15)22/h5-11,17H,12H2,1-4H3. The van der Waals surface area contributed by atoms with Gasteiger partial charge in [-0.1, -0.05) is 12.1 Å². The Kier molecular flexibility index (Phi) is 5.99. The van der Waals surface area contributed by atoms with E-state index < -0.39 is 28.0 Å². The van der Waals surface area contributed by atoms with E-state index in [1.807, 2.05) is 0 Å². The molecule has 3 rings (SSSR count). The van der Waals surface area contributed by atoms with Crippen LogP contribution in [-0.4, -0.2) is 65.6 Å². The Morgan fingerprint density at radius 3 is 2.47 bits per heavy atom. The molecule has 1 amide bonds. The van der Waals surface area contributed by atoms with Crippen molar-refractivity contribution in [1.29, 1.82) is 0 Å². The van der Waals surface area contributed by atoms with Crippen LogP contribution >= 0.6 is 0 Å². The molecule has 1 aliphatic heterocycles. The normalized spacial score (nSPS) is 15.9. The highest BCUT2D eigenvalue weighted by atomic mass is 32.2. The van der Waals surface area contributed by atoms with Crippen LogP contribution in [0.3, 0.4) is 0 Å². The molecule has 0 saturated carbocycles. The number of ether oxygens (including phenoxy) is 3. The molecule has 2 aromatic rings. The number of para-hydroxylation sites is 2. The topological polar surface area (TPSA) is 102 Å². The SMILES string of the molecule is COC(=O)C1CN(C(=O)c2ccc(OC)c(S(=O)(=O)N(C)C)c2)c2ccccc2O1. The Hall–Kier alpha value is -3.11. The van der Waals surface area contributed by atoms with Crippen LogP contribution in [0.2, 0.25) is 0 Å². The van der Waals surface area contributed by atoms with Gasteiger partial charge in [0.05, 0.1) is 26.5 Å². The van der Waals surface area contributed by atoms with Crippen LogP contribution < -0.4 is 14.4 Å². The maximum absolute atomic E-state index is 13.3. The van der Waals surface area contributed by atoms with E-state index >= 15 is 0 Å². The van der Waals surface area contributed by atoms with Gasteiger partial charge in [-0.15, -0.1) is 0 Å². The monoisotopic (exact) mass is 434 g/mol. The summed E-state index contributed by atoms with van der Waals surface area (Å²) in [5.41, 5.74) is 0.590. The number of hydrogen-bond acceptors (Lipinski definition) is 7. The molecule has 0 spiro atoms. The van der Waals surface area contributed by atoms with Crippen LogP contribution in [0.1, 0.15) is 10.4 Å². The van der Waals surface area contributed by atoms with E-state index in [4.69, 9.17) is 14.2 Å². The highest BCUT2D eigenvalue weighted by Crippen LogP contribution is 2.35. The van der Waals surface area contributed by atoms with E-state index in [0.717, 1.165) is 4.31 Å². The van der Waals surface area contributed by atoms with Crippen molar-refractivity contribution in [3.8, 4) is 11.5 Å². The lowest BCUT2D eigenvalue weighted by Crippen LogP contribution is -2.47. The molecule has 1 heterocycles. The van der Waals surface area contributed by atoms with Crippen molar-refractivity contribution in [2.75, 3.05) is 39.8 Å². The zero-order valence-electron chi connectivity index (χ0n) is 17.0. The number of sulfonamides is 1. The van der Waals surface area contributed by atoms with Crippen molar-refractivity contribution in [2.24, 2.45) is 0 Å². The molecular weight excluding hydrogens is 412 g/mol. The number of esters is 1. The molecule has 0 fully saturated rings. The first-order valence-electron chi connectivity index (χ1n) is 8.96. The smallest absolute Gasteiger partial charge is 0.348 e. The molecule has 1 unspecified atom stereocenters. The number of fused-ring (bicyclic) bond motifs is 1. The third kappa shape index (κ3) is 3.83. The largest absolute Gasteiger partial charge is 0.495 e. The molecule has 160 valence electrons. The molecule has 0 bridgehead atoms. The van der Waals surface area contributed by atoms with Gasteiger partial charge in [-0.05, 0) is 30.3 Å². The molecule has 9 nitrogen and oxygen atoms in total. The number of benzene rings is 2. The summed E-state index contributed by atoms with van der Waals surface area (Å²) < 4.78 is 42.0. The lowest BCUT2D eigenvalue weighted by Gasteiger charge is -2.33. The van der Waals surface area contributed by atoms with Crippen LogP contribution in [0.15, 0.2) is 47.4 Å². The summed E-state index contributed by atoms with van der Waals surface area (Å²) in [7, 11) is 1.51. The predicted molar refractivity (Wildman–Crippen MR) is 108 cm³/mol. The molecule has 30 heavy (non-hydrogen) atoms. The first kappa shape index (κ1) is 21.6. The van der Waals surface area contributed by atoms with Gasteiger partial charge in [-0.25, -0.2) is 17.5 Å². The van der Waals surface area contributed by atoms with Gasteiger partial charge in [-0.2, -0.15) is 0 Å². The predicted octanol–water partition coefficient (Wildman–Crippen LogP) is 1.53. The van der Waals surface area contributed by atoms with Crippen molar-refractivity contribution in [2.45, 2.75) is 11.0 Å². The van der Waals surface area contributed by atoms with Gasteiger partial charge in [0.25, 0.3) is 5.91 Å². The average Bonchev–Trinajstić information content (AvgIpc) is 2.76. The summed E-state index contributed by atoms with van der Waals surface area (Å²) in [6.45, 7) is -0.0791. The van der Waals surface area contributed by atoms with E-state index in [-0.39, 0.29) is 22.8 Å². The van der Waals surface area contributed by atoms with Crippen LogP contribution in [0.25, 0.3) is 0 Å². The second-order valence-electron chi connectivity index (χ2n) is 6.67. The van der Waals surface area contributed by atoms with Gasteiger partial charge < -0.3 is 19.1 Å². The number of anilines is 1. The summed E-state index contributed by atoms with van der Waals surface area (Å²) in [5, 5.41) is 0. The molecule has 0 aromatic heterocycles. The average molecular weight is 434 g/mol. The Bertz CT molecular complexity index is 1080. The summed E-state index contributed by atoms with van der Waals surface area (Å²) in [5.74, 6) is -0.636. The maximum atomic E-state index is 13.3. The fourth-order valence-corrected chi connectivity index (χ4v) is 4.12. The van der Waals surface area contributed by atoms with Gasteiger partial charge >= 0.3 is 5.97 Å². The zero-order chi connectivity index (χ0) is 22.1. The van der Waals surface area contributed by atoms with Crippen LogP contribution in [0, 0.1) is 0 Å². The Morgan fingerprint density at radius 2 is 1.83 bits per heavy atom. The summed E-state index contributed by atoms with van der Waals surface area (Å²) >= 11 is 0. The first-order valence-corrected chi connectivity index (χ1v) is 10.4. The van der Waals surface area contributed by atoms with Crippen LogP contribution in [0.5, 0.6) is 11.5 Å². The van der Waals surface area contributed by atoms with Gasteiger partial charge in [0, 0.05) is 19.7 Å². The van der Waals surface area contributed by atoms with E-state index in [2.05, 4.69) is 0 Å². The third-order valence-corrected chi connectivity index (χ3v) is 6.49. The van der Waals surface area contributed by atoms with Gasteiger partial charge in [0.1, 0.15) is 16.4 Å². The van der Waals surface area contributed by atoms with Crippen LogP contribution in [0.4, 0.5) is 5.69 Å². The molecule has 0 saturated heterocycles. The number of amides is 1. The van der Waals surface area contributed by atoms with Gasteiger partial charge in [0.15, 0.2) is 0 Å². The van der Waals surface area contributed by atoms with Gasteiger partial charge in [-0.3, -0.25) is 4.79 Å². The minimum atomic E-state index is -3.86. The lowest BCUT2D eigenvalue weighted by atomic mass is 10.1. The highest BCUT2D eigenvalue weighted by molar-refractivity contribution is 7.89. The Morgan fingerprint density at radius 1 is 1.13 bits per heavy atom. The number of methoxy groups -OCH3 is 2. The van der Waals surface area contributed by atoms with E-state index in [1.54, 1.807) is 24.3 Å². The molecule has 1 atom stereocenters. The van der Waals surface area contributed by atoms with Crippen molar-refractivity contribution < 1.29 is 32.2 Å². The quantitative estimate of drug-likeness (QED) is 0.658. The molecule has 0 N–H and O–H groups in total. The number of hydrogen-bond donors (Lipinski definition) is 0. The fraction of sp³-hybridized carbons (Fsp3) is 0.300. The minimum absolute atomic E-state index is 0.0791. The number of carbonyl (C=O) groups excluding carboxylic acids is 2. The second-order valence-corrected chi connectivity index (χ2v) is 8.79. The molecule has 0 radical (unpaired) electrons. The number of rotatable bonds is 5.